The molecule has 0 amide bonds. The third-order valence-electron chi connectivity index (χ3n) is 6.64. The standard InChI is InChI=1S/C27H36FN5/c1-4-31(16-8-11-23-9-6-5-7-10-23)21-26-22(2)29-33(25-14-12-24(28)13-15-25)27(26)32-19-17-30(3)18-20-32/h5-7,9-10,12-15H,4,8,11,16-21H2,1-3H3. The zero-order valence-electron chi connectivity index (χ0n) is 20.2. The molecule has 1 saturated heterocycles. The highest BCUT2D eigenvalue weighted by Crippen LogP contribution is 2.30. The van der Waals surface area contributed by atoms with Gasteiger partial charge < -0.3 is 9.80 Å². The Morgan fingerprint density at radius 2 is 1.67 bits per heavy atom. The molecular formula is C27H36FN5. The molecular weight excluding hydrogens is 413 g/mol. The number of anilines is 1. The average Bonchev–Trinajstić information content (AvgIpc) is 3.15. The number of nitrogens with zero attached hydrogens (tertiary/aromatic N) is 5. The van der Waals surface area contributed by atoms with Crippen molar-refractivity contribution in [2.75, 3.05) is 51.2 Å². The summed E-state index contributed by atoms with van der Waals surface area (Å²) in [4.78, 5) is 7.33. The molecule has 0 spiro atoms. The van der Waals surface area contributed by atoms with E-state index in [1.807, 2.05) is 16.8 Å². The quantitative estimate of drug-likeness (QED) is 0.480. The molecule has 6 heteroatoms. The van der Waals surface area contributed by atoms with Gasteiger partial charge in [-0.3, -0.25) is 4.90 Å². The van der Waals surface area contributed by atoms with Crippen molar-refractivity contribution >= 4 is 5.82 Å². The normalized spacial score (nSPS) is 14.9. The summed E-state index contributed by atoms with van der Waals surface area (Å²) in [6.07, 6.45) is 2.23. The highest BCUT2D eigenvalue weighted by molar-refractivity contribution is 5.55. The minimum absolute atomic E-state index is 0.223. The first-order chi connectivity index (χ1) is 16.0. The maximum atomic E-state index is 13.6. The number of halogens is 1. The van der Waals surface area contributed by atoms with E-state index >= 15 is 0 Å². The zero-order chi connectivity index (χ0) is 23.2. The van der Waals surface area contributed by atoms with Gasteiger partial charge in [0.25, 0.3) is 0 Å². The minimum atomic E-state index is -0.223. The molecule has 0 aliphatic carbocycles. The summed E-state index contributed by atoms with van der Waals surface area (Å²) in [6.45, 7) is 11.3. The van der Waals surface area contributed by atoms with E-state index in [0.717, 1.165) is 75.9 Å². The van der Waals surface area contributed by atoms with Crippen LogP contribution in [0.15, 0.2) is 54.6 Å². The van der Waals surface area contributed by atoms with Crippen LogP contribution < -0.4 is 4.90 Å². The van der Waals surface area contributed by atoms with Crippen molar-refractivity contribution in [3.05, 3.63) is 77.2 Å². The van der Waals surface area contributed by atoms with Crippen LogP contribution in [0.1, 0.15) is 30.2 Å². The molecule has 176 valence electrons. The maximum Gasteiger partial charge on any atom is 0.137 e. The fourth-order valence-corrected chi connectivity index (χ4v) is 4.56. The molecule has 0 atom stereocenters. The third-order valence-corrected chi connectivity index (χ3v) is 6.64. The van der Waals surface area contributed by atoms with Crippen LogP contribution in [0.5, 0.6) is 0 Å². The molecule has 0 unspecified atom stereocenters. The number of hydrogen-bond acceptors (Lipinski definition) is 4. The lowest BCUT2D eigenvalue weighted by Gasteiger charge is -2.35. The van der Waals surface area contributed by atoms with E-state index in [-0.39, 0.29) is 5.82 Å². The SMILES string of the molecule is CCN(CCCc1ccccc1)Cc1c(C)nn(-c2ccc(F)cc2)c1N1CCN(C)CC1. The van der Waals surface area contributed by atoms with Gasteiger partial charge in [0.15, 0.2) is 0 Å². The Morgan fingerprint density at radius 1 is 0.970 bits per heavy atom. The lowest BCUT2D eigenvalue weighted by molar-refractivity contribution is 0.275. The average molecular weight is 450 g/mol. The van der Waals surface area contributed by atoms with E-state index in [9.17, 15) is 4.39 Å². The number of benzene rings is 2. The van der Waals surface area contributed by atoms with Gasteiger partial charge in [-0.25, -0.2) is 9.07 Å². The number of likely N-dealkylation sites (N-methyl/N-ethyl adjacent to an activating group) is 1. The topological polar surface area (TPSA) is 27.5 Å². The van der Waals surface area contributed by atoms with Gasteiger partial charge in [-0.2, -0.15) is 5.10 Å². The van der Waals surface area contributed by atoms with E-state index in [4.69, 9.17) is 5.10 Å². The highest BCUT2D eigenvalue weighted by Gasteiger charge is 2.25. The maximum absolute atomic E-state index is 13.6. The minimum Gasteiger partial charge on any atom is -0.354 e. The Bertz CT molecular complexity index is 1010. The fourth-order valence-electron chi connectivity index (χ4n) is 4.56. The van der Waals surface area contributed by atoms with Gasteiger partial charge in [-0.1, -0.05) is 37.3 Å². The number of hydrogen-bond donors (Lipinski definition) is 0. The molecule has 5 nitrogen and oxygen atoms in total. The molecule has 0 radical (unpaired) electrons. The Hall–Kier alpha value is -2.70. The molecule has 1 aromatic heterocycles. The van der Waals surface area contributed by atoms with Gasteiger partial charge in [0.1, 0.15) is 11.6 Å². The molecule has 2 aromatic carbocycles. The van der Waals surface area contributed by atoms with Gasteiger partial charge in [0.05, 0.1) is 11.4 Å². The number of aryl methyl sites for hydroxylation is 2. The monoisotopic (exact) mass is 449 g/mol. The predicted octanol–water partition coefficient (Wildman–Crippen LogP) is 4.53. The van der Waals surface area contributed by atoms with E-state index < -0.39 is 0 Å². The summed E-state index contributed by atoms with van der Waals surface area (Å²) in [6, 6.07) is 17.4. The second-order valence-corrected chi connectivity index (χ2v) is 9.02. The highest BCUT2D eigenvalue weighted by atomic mass is 19.1. The van der Waals surface area contributed by atoms with Gasteiger partial charge in [0.2, 0.25) is 0 Å². The predicted molar refractivity (Wildman–Crippen MR) is 134 cm³/mol. The van der Waals surface area contributed by atoms with Crippen molar-refractivity contribution in [2.24, 2.45) is 0 Å². The van der Waals surface area contributed by atoms with Crippen molar-refractivity contribution in [3.63, 3.8) is 0 Å². The molecule has 1 fully saturated rings. The summed E-state index contributed by atoms with van der Waals surface area (Å²) in [5.41, 5.74) is 4.64. The Balaban J connectivity index is 1.57. The van der Waals surface area contributed by atoms with Crippen LogP contribution in [0, 0.1) is 12.7 Å². The van der Waals surface area contributed by atoms with Crippen molar-refractivity contribution in [2.45, 2.75) is 33.2 Å². The second-order valence-electron chi connectivity index (χ2n) is 9.02. The van der Waals surface area contributed by atoms with Crippen LogP contribution in [-0.4, -0.2) is 65.9 Å². The molecule has 3 aromatic rings. The number of aromatic nitrogens is 2. The number of piperazine rings is 1. The smallest absolute Gasteiger partial charge is 0.137 e. The van der Waals surface area contributed by atoms with Gasteiger partial charge in [0, 0.05) is 38.3 Å². The van der Waals surface area contributed by atoms with Crippen molar-refractivity contribution in [1.29, 1.82) is 0 Å². The fraction of sp³-hybridized carbons (Fsp3) is 0.444. The summed E-state index contributed by atoms with van der Waals surface area (Å²) >= 11 is 0. The molecule has 0 N–H and O–H groups in total. The first kappa shape index (κ1) is 23.5. The van der Waals surface area contributed by atoms with E-state index in [1.165, 1.54) is 23.3 Å². The van der Waals surface area contributed by atoms with E-state index in [1.54, 1.807) is 0 Å². The molecule has 0 bridgehead atoms. The molecule has 1 aliphatic rings. The first-order valence-electron chi connectivity index (χ1n) is 12.1. The lowest BCUT2D eigenvalue weighted by Crippen LogP contribution is -2.45. The molecule has 1 aliphatic heterocycles. The van der Waals surface area contributed by atoms with Crippen molar-refractivity contribution < 1.29 is 4.39 Å². The first-order valence-corrected chi connectivity index (χ1v) is 12.1. The van der Waals surface area contributed by atoms with Crippen LogP contribution in [0.3, 0.4) is 0 Å². The number of rotatable bonds is 9. The molecule has 0 saturated carbocycles. The van der Waals surface area contributed by atoms with Crippen LogP contribution in [-0.2, 0) is 13.0 Å². The molecule has 4 rings (SSSR count). The molecule has 2 heterocycles. The summed E-state index contributed by atoms with van der Waals surface area (Å²) in [5, 5.41) is 4.93. The van der Waals surface area contributed by atoms with E-state index in [0.29, 0.717) is 0 Å². The Morgan fingerprint density at radius 3 is 2.33 bits per heavy atom. The Kier molecular flexibility index (Phi) is 7.78. The van der Waals surface area contributed by atoms with Crippen molar-refractivity contribution in [3.8, 4) is 5.69 Å². The third kappa shape index (κ3) is 5.81. The lowest BCUT2D eigenvalue weighted by atomic mass is 10.1. The summed E-state index contributed by atoms with van der Waals surface area (Å²) in [5.74, 6) is 0.938. The van der Waals surface area contributed by atoms with Gasteiger partial charge >= 0.3 is 0 Å². The van der Waals surface area contributed by atoms with Crippen LogP contribution in [0.25, 0.3) is 5.69 Å². The van der Waals surface area contributed by atoms with Crippen LogP contribution >= 0.6 is 0 Å². The zero-order valence-corrected chi connectivity index (χ0v) is 20.2. The second kappa shape index (κ2) is 10.9. The van der Waals surface area contributed by atoms with Gasteiger partial charge in [-0.15, -0.1) is 0 Å². The van der Waals surface area contributed by atoms with E-state index in [2.05, 4.69) is 65.9 Å². The van der Waals surface area contributed by atoms with Crippen molar-refractivity contribution in [1.82, 2.24) is 19.6 Å². The van der Waals surface area contributed by atoms with Crippen LogP contribution in [0.4, 0.5) is 10.2 Å². The largest absolute Gasteiger partial charge is 0.354 e. The Labute approximate surface area is 197 Å². The van der Waals surface area contributed by atoms with Crippen LogP contribution in [0.2, 0.25) is 0 Å². The summed E-state index contributed by atoms with van der Waals surface area (Å²) in [7, 11) is 2.17. The molecule has 33 heavy (non-hydrogen) atoms. The van der Waals surface area contributed by atoms with Gasteiger partial charge in [-0.05, 0) is 69.7 Å². The summed E-state index contributed by atoms with van der Waals surface area (Å²) < 4.78 is 15.6.